The van der Waals surface area contributed by atoms with E-state index in [1.807, 2.05) is 0 Å². The predicted molar refractivity (Wildman–Crippen MR) is 83.3 cm³/mol. The maximum atomic E-state index is 13.5. The van der Waals surface area contributed by atoms with Gasteiger partial charge in [0.05, 0.1) is 5.56 Å². The van der Waals surface area contributed by atoms with Crippen LogP contribution < -0.4 is 10.9 Å². The minimum absolute atomic E-state index is 0.273. The average molecular weight is 330 g/mol. The second-order valence-electron chi connectivity index (χ2n) is 4.84. The highest BCUT2D eigenvalue weighted by Crippen LogP contribution is 2.09. The number of rotatable bonds is 4. The standard InChI is InChI=1S/C17H15FN2O4/c1-11(24-17(23)13-9-5-6-10-14(13)18)15(21)19-20-16(22)12-7-3-2-4-8-12/h2-11H,1H3,(H,19,21)(H,20,22)/t11-/m1/s1. The number of carbonyl (C=O) groups is 3. The predicted octanol–water partition coefficient (Wildman–Crippen LogP) is 1.83. The summed E-state index contributed by atoms with van der Waals surface area (Å²) < 4.78 is 18.3. The summed E-state index contributed by atoms with van der Waals surface area (Å²) >= 11 is 0. The highest BCUT2D eigenvalue weighted by molar-refractivity contribution is 5.96. The largest absolute Gasteiger partial charge is 0.449 e. The van der Waals surface area contributed by atoms with Gasteiger partial charge in [-0.2, -0.15) is 0 Å². The Labute approximate surface area is 137 Å². The summed E-state index contributed by atoms with van der Waals surface area (Å²) in [4.78, 5) is 35.4. The zero-order valence-corrected chi connectivity index (χ0v) is 12.8. The summed E-state index contributed by atoms with van der Waals surface area (Å²) in [6.07, 6.45) is -1.21. The number of ether oxygens (including phenoxy) is 1. The summed E-state index contributed by atoms with van der Waals surface area (Å²) in [5.41, 5.74) is 4.43. The first kappa shape index (κ1) is 17.1. The smallest absolute Gasteiger partial charge is 0.341 e. The third-order valence-corrected chi connectivity index (χ3v) is 3.08. The molecule has 0 bridgehead atoms. The van der Waals surface area contributed by atoms with Crippen LogP contribution in [0, 0.1) is 5.82 Å². The van der Waals surface area contributed by atoms with Crippen molar-refractivity contribution in [3.8, 4) is 0 Å². The number of hydrogen-bond donors (Lipinski definition) is 2. The van der Waals surface area contributed by atoms with Crippen LogP contribution in [0.25, 0.3) is 0 Å². The summed E-state index contributed by atoms with van der Waals surface area (Å²) in [7, 11) is 0. The van der Waals surface area contributed by atoms with E-state index in [0.717, 1.165) is 6.07 Å². The average Bonchev–Trinajstić information content (AvgIpc) is 2.60. The van der Waals surface area contributed by atoms with E-state index in [9.17, 15) is 18.8 Å². The number of carbonyl (C=O) groups excluding carboxylic acids is 3. The molecular weight excluding hydrogens is 315 g/mol. The summed E-state index contributed by atoms with van der Waals surface area (Å²) in [6, 6.07) is 13.5. The van der Waals surface area contributed by atoms with Crippen molar-refractivity contribution in [2.24, 2.45) is 0 Å². The third-order valence-electron chi connectivity index (χ3n) is 3.08. The Morgan fingerprint density at radius 2 is 1.58 bits per heavy atom. The minimum Gasteiger partial charge on any atom is -0.449 e. The van der Waals surface area contributed by atoms with Gasteiger partial charge < -0.3 is 4.74 Å². The van der Waals surface area contributed by atoms with Gasteiger partial charge in [-0.1, -0.05) is 30.3 Å². The molecule has 0 aromatic heterocycles. The topological polar surface area (TPSA) is 84.5 Å². The molecule has 0 saturated carbocycles. The molecular formula is C17H15FN2O4. The first-order chi connectivity index (χ1) is 11.5. The molecule has 2 N–H and O–H groups in total. The molecule has 0 aliphatic heterocycles. The number of nitrogens with one attached hydrogen (secondary N) is 2. The normalized spacial score (nSPS) is 11.2. The van der Waals surface area contributed by atoms with Gasteiger partial charge in [0.15, 0.2) is 6.10 Å². The first-order valence-corrected chi connectivity index (χ1v) is 7.10. The highest BCUT2D eigenvalue weighted by Gasteiger charge is 2.21. The highest BCUT2D eigenvalue weighted by atomic mass is 19.1. The molecule has 2 aromatic rings. The fraction of sp³-hybridized carbons (Fsp3) is 0.118. The zero-order valence-electron chi connectivity index (χ0n) is 12.8. The van der Waals surface area contributed by atoms with E-state index in [4.69, 9.17) is 4.74 Å². The Hall–Kier alpha value is -3.22. The van der Waals surface area contributed by atoms with E-state index in [0.29, 0.717) is 5.56 Å². The van der Waals surface area contributed by atoms with Gasteiger partial charge in [0, 0.05) is 5.56 Å². The van der Waals surface area contributed by atoms with Crippen LogP contribution in [0.2, 0.25) is 0 Å². The molecule has 2 aromatic carbocycles. The lowest BCUT2D eigenvalue weighted by molar-refractivity contribution is -0.129. The van der Waals surface area contributed by atoms with Crippen molar-refractivity contribution in [3.63, 3.8) is 0 Å². The Morgan fingerprint density at radius 1 is 0.958 bits per heavy atom. The third kappa shape index (κ3) is 4.39. The second kappa shape index (κ2) is 7.87. The van der Waals surface area contributed by atoms with Crippen molar-refractivity contribution < 1.29 is 23.5 Å². The van der Waals surface area contributed by atoms with Crippen molar-refractivity contribution in [2.45, 2.75) is 13.0 Å². The van der Waals surface area contributed by atoms with Gasteiger partial charge in [-0.15, -0.1) is 0 Å². The van der Waals surface area contributed by atoms with Crippen LogP contribution in [-0.2, 0) is 9.53 Å². The van der Waals surface area contributed by atoms with E-state index in [2.05, 4.69) is 10.9 Å². The molecule has 0 aliphatic rings. The van der Waals surface area contributed by atoms with Crippen LogP contribution in [0.3, 0.4) is 0 Å². The van der Waals surface area contributed by atoms with Crippen molar-refractivity contribution in [1.29, 1.82) is 0 Å². The Kier molecular flexibility index (Phi) is 5.62. The molecule has 124 valence electrons. The molecule has 7 heteroatoms. The van der Waals surface area contributed by atoms with Crippen molar-refractivity contribution in [3.05, 3.63) is 71.5 Å². The van der Waals surface area contributed by atoms with E-state index >= 15 is 0 Å². The zero-order chi connectivity index (χ0) is 17.5. The number of hydrazine groups is 1. The first-order valence-electron chi connectivity index (χ1n) is 7.10. The van der Waals surface area contributed by atoms with Crippen LogP contribution in [0.4, 0.5) is 4.39 Å². The molecule has 24 heavy (non-hydrogen) atoms. The van der Waals surface area contributed by atoms with Gasteiger partial charge in [0.25, 0.3) is 11.8 Å². The monoisotopic (exact) mass is 330 g/mol. The van der Waals surface area contributed by atoms with Gasteiger partial charge in [-0.05, 0) is 31.2 Å². The lowest BCUT2D eigenvalue weighted by Crippen LogP contribution is -2.46. The van der Waals surface area contributed by atoms with Crippen molar-refractivity contribution >= 4 is 17.8 Å². The van der Waals surface area contributed by atoms with Gasteiger partial charge in [0.2, 0.25) is 0 Å². The van der Waals surface area contributed by atoms with Crippen LogP contribution >= 0.6 is 0 Å². The van der Waals surface area contributed by atoms with Crippen LogP contribution in [0.15, 0.2) is 54.6 Å². The molecule has 6 nitrogen and oxygen atoms in total. The molecule has 0 aliphatic carbocycles. The second-order valence-corrected chi connectivity index (χ2v) is 4.84. The molecule has 0 spiro atoms. The minimum atomic E-state index is -1.21. The van der Waals surface area contributed by atoms with E-state index < -0.39 is 29.7 Å². The van der Waals surface area contributed by atoms with Gasteiger partial charge >= 0.3 is 5.97 Å². The Balaban J connectivity index is 1.87. The van der Waals surface area contributed by atoms with Crippen LogP contribution in [-0.4, -0.2) is 23.9 Å². The maximum Gasteiger partial charge on any atom is 0.341 e. The lowest BCUT2D eigenvalue weighted by Gasteiger charge is -2.14. The number of esters is 1. The lowest BCUT2D eigenvalue weighted by atomic mass is 10.2. The molecule has 2 rings (SSSR count). The summed E-state index contributed by atoms with van der Waals surface area (Å²) in [5.74, 6) is -2.97. The molecule has 1 atom stereocenters. The maximum absolute atomic E-state index is 13.5. The number of halogens is 1. The van der Waals surface area contributed by atoms with E-state index in [1.165, 1.54) is 25.1 Å². The molecule has 0 radical (unpaired) electrons. The van der Waals surface area contributed by atoms with Gasteiger partial charge in [-0.3, -0.25) is 20.4 Å². The summed E-state index contributed by atoms with van der Waals surface area (Å²) in [5, 5.41) is 0. The molecule has 0 heterocycles. The van der Waals surface area contributed by atoms with Crippen LogP contribution in [0.5, 0.6) is 0 Å². The molecule has 0 unspecified atom stereocenters. The Bertz CT molecular complexity index is 749. The fourth-order valence-electron chi connectivity index (χ4n) is 1.79. The van der Waals surface area contributed by atoms with Gasteiger partial charge in [-0.25, -0.2) is 9.18 Å². The number of hydrogen-bond acceptors (Lipinski definition) is 4. The molecule has 0 fully saturated rings. The van der Waals surface area contributed by atoms with E-state index in [1.54, 1.807) is 30.3 Å². The SMILES string of the molecule is C[C@@H](OC(=O)c1ccccc1F)C(=O)NNC(=O)c1ccccc1. The molecule has 0 saturated heterocycles. The van der Waals surface area contributed by atoms with Crippen molar-refractivity contribution in [2.75, 3.05) is 0 Å². The Morgan fingerprint density at radius 3 is 2.25 bits per heavy atom. The molecule has 2 amide bonds. The van der Waals surface area contributed by atoms with Crippen LogP contribution in [0.1, 0.15) is 27.6 Å². The summed E-state index contributed by atoms with van der Waals surface area (Å²) in [6.45, 7) is 1.31. The van der Waals surface area contributed by atoms with Gasteiger partial charge in [0.1, 0.15) is 5.82 Å². The quantitative estimate of drug-likeness (QED) is 0.662. The van der Waals surface area contributed by atoms with E-state index in [-0.39, 0.29) is 5.56 Å². The van der Waals surface area contributed by atoms with Crippen molar-refractivity contribution in [1.82, 2.24) is 10.9 Å². The fourth-order valence-corrected chi connectivity index (χ4v) is 1.79. The number of benzene rings is 2. The number of amides is 2.